The smallest absolute Gasteiger partial charge is 0.232 e. The number of rotatable bonds is 2. The maximum atomic E-state index is 12.2. The predicted octanol–water partition coefficient (Wildman–Crippen LogP) is 3.67. The summed E-state index contributed by atoms with van der Waals surface area (Å²) in [5.41, 5.74) is 1.13. The van der Waals surface area contributed by atoms with Gasteiger partial charge in [-0.3, -0.25) is 4.79 Å². The van der Waals surface area contributed by atoms with Crippen LogP contribution in [0.2, 0.25) is 5.02 Å². The van der Waals surface area contributed by atoms with E-state index in [9.17, 15) is 9.90 Å². The zero-order valence-electron chi connectivity index (χ0n) is 11.1. The molecule has 3 rings (SSSR count). The van der Waals surface area contributed by atoms with Gasteiger partial charge in [-0.05, 0) is 42.0 Å². The number of phenolic OH excluding ortho intramolecular Hbond substituents is 1. The van der Waals surface area contributed by atoms with Crippen LogP contribution in [0.15, 0.2) is 42.2 Å². The Morgan fingerprint density at radius 3 is 2.81 bits per heavy atom. The summed E-state index contributed by atoms with van der Waals surface area (Å²) in [4.78, 5) is 12.2. The summed E-state index contributed by atoms with van der Waals surface area (Å²) >= 11 is 5.88. The van der Waals surface area contributed by atoms with Crippen molar-refractivity contribution in [2.75, 3.05) is 7.11 Å². The van der Waals surface area contributed by atoms with Crippen LogP contribution >= 0.6 is 11.6 Å². The molecule has 1 aliphatic rings. The molecule has 0 spiro atoms. The Morgan fingerprint density at radius 2 is 2.05 bits per heavy atom. The van der Waals surface area contributed by atoms with Gasteiger partial charge in [0.25, 0.3) is 0 Å². The van der Waals surface area contributed by atoms with Gasteiger partial charge in [-0.2, -0.15) is 0 Å². The lowest BCUT2D eigenvalue weighted by Gasteiger charge is -2.04. The van der Waals surface area contributed by atoms with Gasteiger partial charge < -0.3 is 14.6 Å². The minimum atomic E-state index is -0.223. The molecule has 0 aliphatic carbocycles. The summed E-state index contributed by atoms with van der Waals surface area (Å²) in [6, 6.07) is 9.69. The van der Waals surface area contributed by atoms with Crippen molar-refractivity contribution < 1.29 is 19.4 Å². The molecule has 1 N–H and O–H groups in total. The first kappa shape index (κ1) is 13.5. The van der Waals surface area contributed by atoms with Crippen LogP contribution in [0.4, 0.5) is 0 Å². The normalized spacial score (nSPS) is 15.0. The van der Waals surface area contributed by atoms with Crippen LogP contribution in [0.1, 0.15) is 15.9 Å². The molecule has 0 fully saturated rings. The van der Waals surface area contributed by atoms with Gasteiger partial charge in [-0.15, -0.1) is 0 Å². The number of aromatic hydroxyl groups is 1. The van der Waals surface area contributed by atoms with Crippen LogP contribution in [0.3, 0.4) is 0 Å². The number of hydrogen-bond acceptors (Lipinski definition) is 4. The Bertz CT molecular complexity index is 765. The van der Waals surface area contributed by atoms with Crippen molar-refractivity contribution in [2.24, 2.45) is 0 Å². The highest BCUT2D eigenvalue weighted by molar-refractivity contribution is 6.31. The van der Waals surface area contributed by atoms with Gasteiger partial charge in [-0.25, -0.2) is 0 Å². The summed E-state index contributed by atoms with van der Waals surface area (Å²) < 4.78 is 10.6. The van der Waals surface area contributed by atoms with E-state index >= 15 is 0 Å². The molecule has 0 radical (unpaired) electrons. The molecule has 1 heterocycles. The molecule has 4 nitrogen and oxygen atoms in total. The van der Waals surface area contributed by atoms with E-state index in [-0.39, 0.29) is 17.3 Å². The molecular weight excluding hydrogens is 292 g/mol. The quantitative estimate of drug-likeness (QED) is 0.860. The van der Waals surface area contributed by atoms with E-state index in [4.69, 9.17) is 21.1 Å². The molecule has 0 unspecified atom stereocenters. The minimum Gasteiger partial charge on any atom is -0.504 e. The third kappa shape index (κ3) is 2.45. The zero-order chi connectivity index (χ0) is 15.0. The molecule has 0 amide bonds. The second-order valence-electron chi connectivity index (χ2n) is 4.51. The van der Waals surface area contributed by atoms with E-state index in [0.29, 0.717) is 27.6 Å². The van der Waals surface area contributed by atoms with Crippen LogP contribution in [0, 0.1) is 0 Å². The van der Waals surface area contributed by atoms with Crippen LogP contribution in [0.25, 0.3) is 6.08 Å². The van der Waals surface area contributed by atoms with Gasteiger partial charge in [0.1, 0.15) is 5.75 Å². The van der Waals surface area contributed by atoms with Crippen molar-refractivity contribution in [3.8, 4) is 17.2 Å². The maximum Gasteiger partial charge on any atom is 0.232 e. The number of ether oxygens (including phenoxy) is 2. The molecule has 2 aromatic rings. The molecular formula is C16H11ClO4. The van der Waals surface area contributed by atoms with Crippen molar-refractivity contribution in [3.05, 3.63) is 58.3 Å². The van der Waals surface area contributed by atoms with Gasteiger partial charge >= 0.3 is 0 Å². The topological polar surface area (TPSA) is 55.8 Å². The highest BCUT2D eigenvalue weighted by Gasteiger charge is 2.27. The fraction of sp³-hybridized carbons (Fsp3) is 0.0625. The Kier molecular flexibility index (Phi) is 3.31. The Labute approximate surface area is 126 Å². The fourth-order valence-electron chi connectivity index (χ4n) is 2.10. The average Bonchev–Trinajstić information content (AvgIpc) is 2.77. The third-order valence-electron chi connectivity index (χ3n) is 3.13. The monoisotopic (exact) mass is 302 g/mol. The van der Waals surface area contributed by atoms with Crippen molar-refractivity contribution in [2.45, 2.75) is 0 Å². The number of carbonyl (C=O) groups excluding carboxylic acids is 1. The number of halogens is 1. The Morgan fingerprint density at radius 1 is 1.24 bits per heavy atom. The van der Waals surface area contributed by atoms with Gasteiger partial charge in [0, 0.05) is 5.02 Å². The lowest BCUT2D eigenvalue weighted by Crippen LogP contribution is -1.98. The zero-order valence-corrected chi connectivity index (χ0v) is 11.8. The minimum absolute atomic E-state index is 0.0355. The van der Waals surface area contributed by atoms with E-state index < -0.39 is 0 Å². The van der Waals surface area contributed by atoms with E-state index in [1.165, 1.54) is 13.2 Å². The molecule has 5 heteroatoms. The average molecular weight is 303 g/mol. The molecule has 0 saturated heterocycles. The van der Waals surface area contributed by atoms with E-state index in [1.807, 2.05) is 0 Å². The number of Topliss-reactive ketones (excluding diaryl/α,β-unsaturated/α-hetero) is 1. The second-order valence-corrected chi connectivity index (χ2v) is 4.95. The molecule has 0 bridgehead atoms. The predicted molar refractivity (Wildman–Crippen MR) is 79.0 cm³/mol. The second kappa shape index (κ2) is 5.14. The number of ketones is 1. The van der Waals surface area contributed by atoms with Gasteiger partial charge in [0.2, 0.25) is 5.78 Å². The van der Waals surface area contributed by atoms with Crippen molar-refractivity contribution in [1.82, 2.24) is 0 Å². The number of benzene rings is 2. The van der Waals surface area contributed by atoms with Crippen molar-refractivity contribution in [3.63, 3.8) is 0 Å². The number of methoxy groups -OCH3 is 1. The number of carbonyl (C=O) groups is 1. The van der Waals surface area contributed by atoms with E-state index in [2.05, 4.69) is 0 Å². The Balaban J connectivity index is 1.97. The van der Waals surface area contributed by atoms with Gasteiger partial charge in [0.05, 0.1) is 12.7 Å². The number of phenols is 1. The van der Waals surface area contributed by atoms with Crippen molar-refractivity contribution >= 4 is 23.5 Å². The van der Waals surface area contributed by atoms with Crippen molar-refractivity contribution in [1.29, 1.82) is 0 Å². The molecule has 106 valence electrons. The first-order valence-corrected chi connectivity index (χ1v) is 6.57. The lowest BCUT2D eigenvalue weighted by atomic mass is 10.1. The molecule has 2 aromatic carbocycles. The lowest BCUT2D eigenvalue weighted by molar-refractivity contribution is 0.101. The molecule has 0 atom stereocenters. The van der Waals surface area contributed by atoms with Gasteiger partial charge in [-0.1, -0.05) is 17.7 Å². The van der Waals surface area contributed by atoms with Crippen LogP contribution in [-0.4, -0.2) is 18.0 Å². The molecule has 21 heavy (non-hydrogen) atoms. The molecule has 1 aliphatic heterocycles. The first-order chi connectivity index (χ1) is 10.1. The third-order valence-corrected chi connectivity index (χ3v) is 3.37. The maximum absolute atomic E-state index is 12.2. The number of hydrogen-bond donors (Lipinski definition) is 1. The van der Waals surface area contributed by atoms with E-state index in [0.717, 1.165) is 0 Å². The highest BCUT2D eigenvalue weighted by atomic mass is 35.5. The number of fused-ring (bicyclic) bond motifs is 1. The van der Waals surface area contributed by atoms with Crippen LogP contribution in [0.5, 0.6) is 17.2 Å². The molecule has 0 saturated carbocycles. The SMILES string of the molecule is COc1cc(/C=C2\Oc3ccc(Cl)cc3C2=O)ccc1O. The summed E-state index contributed by atoms with van der Waals surface area (Å²) in [5.74, 6) is 0.838. The van der Waals surface area contributed by atoms with Crippen LogP contribution in [-0.2, 0) is 0 Å². The van der Waals surface area contributed by atoms with E-state index in [1.54, 1.807) is 36.4 Å². The Hall–Kier alpha value is -2.46. The largest absolute Gasteiger partial charge is 0.504 e. The molecule has 0 aromatic heterocycles. The number of allylic oxidation sites excluding steroid dienone is 1. The standard InChI is InChI=1S/C16H11ClO4/c1-20-14-6-9(2-4-12(14)18)7-15-16(19)11-8-10(17)3-5-13(11)21-15/h2-8,18H,1H3/b15-7-. The summed E-state index contributed by atoms with van der Waals surface area (Å²) in [6.45, 7) is 0. The summed E-state index contributed by atoms with van der Waals surface area (Å²) in [7, 11) is 1.46. The first-order valence-electron chi connectivity index (χ1n) is 6.19. The fourth-order valence-corrected chi connectivity index (χ4v) is 2.27. The highest BCUT2D eigenvalue weighted by Crippen LogP contribution is 2.34. The summed E-state index contributed by atoms with van der Waals surface area (Å²) in [6.07, 6.45) is 1.60. The summed E-state index contributed by atoms with van der Waals surface area (Å²) in [5, 5.41) is 10.0. The van der Waals surface area contributed by atoms with Crippen LogP contribution < -0.4 is 9.47 Å². The van der Waals surface area contributed by atoms with Gasteiger partial charge in [0.15, 0.2) is 17.3 Å².